The Labute approximate surface area is 98.7 Å². The van der Waals surface area contributed by atoms with E-state index in [1.807, 2.05) is 6.08 Å². The van der Waals surface area contributed by atoms with Crippen LogP contribution in [0.2, 0.25) is 10.0 Å². The van der Waals surface area contributed by atoms with E-state index in [2.05, 4.69) is 0 Å². The van der Waals surface area contributed by atoms with Crippen LogP contribution in [0.25, 0.3) is 0 Å². The molecule has 15 heavy (non-hydrogen) atoms. The highest BCUT2D eigenvalue weighted by Crippen LogP contribution is 2.26. The summed E-state index contributed by atoms with van der Waals surface area (Å²) in [6, 6.07) is 5.01. The van der Waals surface area contributed by atoms with Gasteiger partial charge in [0.2, 0.25) is 0 Å². The van der Waals surface area contributed by atoms with Gasteiger partial charge in [-0.2, -0.15) is 0 Å². The summed E-state index contributed by atoms with van der Waals surface area (Å²) in [4.78, 5) is 11.9. The first-order valence-electron chi connectivity index (χ1n) is 4.87. The fraction of sp³-hybridized carbons (Fsp3) is 0.250. The molecule has 1 aliphatic carbocycles. The number of allylic oxidation sites excluding steroid dienone is 2. The van der Waals surface area contributed by atoms with E-state index in [1.165, 1.54) is 0 Å². The van der Waals surface area contributed by atoms with Crippen LogP contribution in [-0.2, 0) is 0 Å². The van der Waals surface area contributed by atoms with Gasteiger partial charge in [0.1, 0.15) is 0 Å². The third-order valence-electron chi connectivity index (χ3n) is 2.51. The summed E-state index contributed by atoms with van der Waals surface area (Å²) < 4.78 is 0. The highest BCUT2D eigenvalue weighted by molar-refractivity contribution is 6.42. The van der Waals surface area contributed by atoms with Gasteiger partial charge in [-0.05, 0) is 43.0 Å². The van der Waals surface area contributed by atoms with Gasteiger partial charge in [-0.15, -0.1) is 0 Å². The second kappa shape index (κ2) is 4.38. The molecule has 0 aromatic heterocycles. The number of carbonyl (C=O) groups excluding carboxylic acids is 1. The van der Waals surface area contributed by atoms with E-state index < -0.39 is 0 Å². The standard InChI is InChI=1S/C12H10Cl2O/c13-10-6-5-9(7-11(10)14)12(15)8-3-1-2-4-8/h3,5-7H,1-2,4H2. The Hall–Kier alpha value is -0.790. The second-order valence-corrected chi connectivity index (χ2v) is 4.39. The molecule has 1 nitrogen and oxygen atoms in total. The first-order valence-corrected chi connectivity index (χ1v) is 5.63. The number of Topliss-reactive ketones (excluding diaryl/α,β-unsaturated/α-hetero) is 1. The van der Waals surface area contributed by atoms with E-state index in [4.69, 9.17) is 23.2 Å². The lowest BCUT2D eigenvalue weighted by Gasteiger charge is -2.03. The molecule has 0 heterocycles. The number of carbonyl (C=O) groups is 1. The van der Waals surface area contributed by atoms with E-state index in [1.54, 1.807) is 18.2 Å². The Bertz CT molecular complexity index is 435. The van der Waals surface area contributed by atoms with Crippen LogP contribution >= 0.6 is 23.2 Å². The maximum absolute atomic E-state index is 11.9. The van der Waals surface area contributed by atoms with Gasteiger partial charge in [-0.1, -0.05) is 29.3 Å². The first kappa shape index (κ1) is 10.7. The van der Waals surface area contributed by atoms with Gasteiger partial charge in [-0.25, -0.2) is 0 Å². The second-order valence-electron chi connectivity index (χ2n) is 3.58. The van der Waals surface area contributed by atoms with Crippen LogP contribution in [0.3, 0.4) is 0 Å². The van der Waals surface area contributed by atoms with Crippen molar-refractivity contribution in [1.82, 2.24) is 0 Å². The summed E-state index contributed by atoms with van der Waals surface area (Å²) >= 11 is 11.6. The molecule has 0 unspecified atom stereocenters. The molecule has 1 aromatic rings. The van der Waals surface area contributed by atoms with Gasteiger partial charge in [0.05, 0.1) is 10.0 Å². The third-order valence-corrected chi connectivity index (χ3v) is 3.25. The van der Waals surface area contributed by atoms with Crippen LogP contribution in [0.4, 0.5) is 0 Å². The van der Waals surface area contributed by atoms with E-state index >= 15 is 0 Å². The summed E-state index contributed by atoms with van der Waals surface area (Å²) in [6.45, 7) is 0. The summed E-state index contributed by atoms with van der Waals surface area (Å²) in [5.74, 6) is 0.0751. The Balaban J connectivity index is 2.29. The van der Waals surface area contributed by atoms with Crippen molar-refractivity contribution in [3.63, 3.8) is 0 Å². The maximum atomic E-state index is 11.9. The number of halogens is 2. The van der Waals surface area contributed by atoms with Gasteiger partial charge < -0.3 is 0 Å². The smallest absolute Gasteiger partial charge is 0.188 e. The molecular weight excluding hydrogens is 231 g/mol. The molecule has 0 saturated heterocycles. The molecule has 0 radical (unpaired) electrons. The van der Waals surface area contributed by atoms with Crippen molar-refractivity contribution >= 4 is 29.0 Å². The Morgan fingerprint density at radius 1 is 1.20 bits per heavy atom. The first-order chi connectivity index (χ1) is 7.18. The molecule has 0 saturated carbocycles. The predicted octanol–water partition coefficient (Wildman–Crippen LogP) is 4.29. The lowest BCUT2D eigenvalue weighted by molar-refractivity contribution is 0.103. The van der Waals surface area contributed by atoms with E-state index in [-0.39, 0.29) is 5.78 Å². The molecule has 0 amide bonds. The largest absolute Gasteiger partial charge is 0.289 e. The van der Waals surface area contributed by atoms with Crippen molar-refractivity contribution < 1.29 is 4.79 Å². The molecule has 3 heteroatoms. The number of ketones is 1. The minimum Gasteiger partial charge on any atom is -0.289 e. The van der Waals surface area contributed by atoms with Gasteiger partial charge in [0.15, 0.2) is 5.78 Å². The van der Waals surface area contributed by atoms with E-state index in [0.717, 1.165) is 24.8 Å². The van der Waals surface area contributed by atoms with Crippen molar-refractivity contribution in [1.29, 1.82) is 0 Å². The fourth-order valence-corrected chi connectivity index (χ4v) is 2.00. The SMILES string of the molecule is O=C(C1=CCCC1)c1ccc(Cl)c(Cl)c1. The maximum Gasteiger partial charge on any atom is 0.188 e. The van der Waals surface area contributed by atoms with Gasteiger partial charge in [0, 0.05) is 5.56 Å². The lowest BCUT2D eigenvalue weighted by atomic mass is 10.0. The quantitative estimate of drug-likeness (QED) is 0.706. The highest BCUT2D eigenvalue weighted by Gasteiger charge is 2.15. The Morgan fingerprint density at radius 2 is 2.00 bits per heavy atom. The number of benzene rings is 1. The van der Waals surface area contributed by atoms with Crippen LogP contribution in [0.5, 0.6) is 0 Å². The van der Waals surface area contributed by atoms with Crippen LogP contribution in [-0.4, -0.2) is 5.78 Å². The zero-order chi connectivity index (χ0) is 10.8. The molecule has 0 atom stereocenters. The topological polar surface area (TPSA) is 17.1 Å². The molecule has 0 aliphatic heterocycles. The van der Waals surface area contributed by atoms with Crippen LogP contribution < -0.4 is 0 Å². The molecule has 0 bridgehead atoms. The minimum absolute atomic E-state index is 0.0751. The molecule has 2 rings (SSSR count). The Morgan fingerprint density at radius 3 is 2.60 bits per heavy atom. The monoisotopic (exact) mass is 240 g/mol. The highest BCUT2D eigenvalue weighted by atomic mass is 35.5. The summed E-state index contributed by atoms with van der Waals surface area (Å²) in [6.07, 6.45) is 4.95. The van der Waals surface area contributed by atoms with Crippen molar-refractivity contribution in [2.45, 2.75) is 19.3 Å². The van der Waals surface area contributed by atoms with Gasteiger partial charge in [-0.3, -0.25) is 4.79 Å². The molecule has 0 N–H and O–H groups in total. The van der Waals surface area contributed by atoms with Gasteiger partial charge in [0.25, 0.3) is 0 Å². The van der Waals surface area contributed by atoms with Crippen LogP contribution in [0.1, 0.15) is 29.6 Å². The molecule has 1 aromatic carbocycles. The van der Waals surface area contributed by atoms with E-state index in [9.17, 15) is 4.79 Å². The molecule has 0 fully saturated rings. The molecule has 78 valence electrons. The lowest BCUT2D eigenvalue weighted by Crippen LogP contribution is -2.01. The normalized spacial score (nSPS) is 15.2. The molecule has 0 spiro atoms. The third kappa shape index (κ3) is 2.24. The average Bonchev–Trinajstić information content (AvgIpc) is 2.74. The fourth-order valence-electron chi connectivity index (χ4n) is 1.70. The minimum atomic E-state index is 0.0751. The predicted molar refractivity (Wildman–Crippen MR) is 62.7 cm³/mol. The summed E-state index contributed by atoms with van der Waals surface area (Å²) in [5.41, 5.74) is 1.52. The zero-order valence-corrected chi connectivity index (χ0v) is 9.61. The number of hydrogen-bond donors (Lipinski definition) is 0. The summed E-state index contributed by atoms with van der Waals surface area (Å²) in [7, 11) is 0. The van der Waals surface area contributed by atoms with E-state index in [0.29, 0.717) is 15.6 Å². The molecule has 1 aliphatic rings. The van der Waals surface area contributed by atoms with Crippen molar-refractivity contribution in [2.75, 3.05) is 0 Å². The summed E-state index contributed by atoms with van der Waals surface area (Å²) in [5, 5.41) is 0.912. The van der Waals surface area contributed by atoms with Crippen molar-refractivity contribution in [3.8, 4) is 0 Å². The zero-order valence-electron chi connectivity index (χ0n) is 8.09. The van der Waals surface area contributed by atoms with Crippen LogP contribution in [0, 0.1) is 0 Å². The van der Waals surface area contributed by atoms with Crippen molar-refractivity contribution in [2.24, 2.45) is 0 Å². The van der Waals surface area contributed by atoms with Gasteiger partial charge >= 0.3 is 0 Å². The van der Waals surface area contributed by atoms with Crippen molar-refractivity contribution in [3.05, 3.63) is 45.5 Å². The number of rotatable bonds is 2. The average molecular weight is 241 g/mol. The molecular formula is C12H10Cl2O. The van der Waals surface area contributed by atoms with Crippen LogP contribution in [0.15, 0.2) is 29.8 Å². The Kier molecular flexibility index (Phi) is 3.13. The number of hydrogen-bond acceptors (Lipinski definition) is 1.